The van der Waals surface area contributed by atoms with Crippen molar-refractivity contribution < 1.29 is 4.79 Å². The first-order valence-electron chi connectivity index (χ1n) is 5.51. The zero-order valence-electron chi connectivity index (χ0n) is 10.2. The van der Waals surface area contributed by atoms with Crippen molar-refractivity contribution in [1.82, 2.24) is 9.88 Å². The number of aromatic nitrogens is 1. The Balaban J connectivity index is 2.29. The SMILES string of the molecule is CC(C)(C)NC(=O)c1sccc1-n1cccc1. The maximum atomic E-state index is 12.1. The molecular formula is C13H16N2OS. The fraction of sp³-hybridized carbons (Fsp3) is 0.308. The number of nitrogens with zero attached hydrogens (tertiary/aromatic N) is 1. The van der Waals surface area contributed by atoms with Crippen molar-refractivity contribution >= 4 is 17.2 Å². The Hall–Kier alpha value is -1.55. The number of hydrogen-bond acceptors (Lipinski definition) is 2. The van der Waals surface area contributed by atoms with Gasteiger partial charge in [-0.1, -0.05) is 0 Å². The molecule has 2 heterocycles. The van der Waals surface area contributed by atoms with E-state index in [0.29, 0.717) is 0 Å². The van der Waals surface area contributed by atoms with Crippen molar-refractivity contribution in [2.45, 2.75) is 26.3 Å². The van der Waals surface area contributed by atoms with Crippen LogP contribution >= 0.6 is 11.3 Å². The Bertz CT molecular complexity index is 506. The molecule has 0 aliphatic heterocycles. The second kappa shape index (κ2) is 4.37. The van der Waals surface area contributed by atoms with Crippen LogP contribution in [-0.4, -0.2) is 16.0 Å². The van der Waals surface area contributed by atoms with E-state index in [0.717, 1.165) is 10.6 Å². The Labute approximate surface area is 105 Å². The number of carbonyl (C=O) groups excluding carboxylic acids is 1. The van der Waals surface area contributed by atoms with Crippen LogP contribution in [0.2, 0.25) is 0 Å². The molecule has 2 aromatic heterocycles. The number of carbonyl (C=O) groups is 1. The van der Waals surface area contributed by atoms with Crippen molar-refractivity contribution in [3.63, 3.8) is 0 Å². The average molecular weight is 248 g/mol. The maximum absolute atomic E-state index is 12.1. The van der Waals surface area contributed by atoms with E-state index in [1.807, 2.05) is 61.3 Å². The van der Waals surface area contributed by atoms with Crippen LogP contribution in [0, 0.1) is 0 Å². The molecule has 0 unspecified atom stereocenters. The molecule has 1 amide bonds. The number of thiophene rings is 1. The molecule has 17 heavy (non-hydrogen) atoms. The van der Waals surface area contributed by atoms with Crippen molar-refractivity contribution in [3.8, 4) is 5.69 Å². The molecule has 0 radical (unpaired) electrons. The standard InChI is InChI=1S/C13H16N2OS/c1-13(2,3)14-12(16)11-10(6-9-17-11)15-7-4-5-8-15/h4-9H,1-3H3,(H,14,16). The summed E-state index contributed by atoms with van der Waals surface area (Å²) in [6, 6.07) is 5.86. The fourth-order valence-corrected chi connectivity index (χ4v) is 2.35. The van der Waals surface area contributed by atoms with Gasteiger partial charge in [0.1, 0.15) is 4.88 Å². The van der Waals surface area contributed by atoms with E-state index in [9.17, 15) is 4.79 Å². The molecule has 0 saturated heterocycles. The van der Waals surface area contributed by atoms with Gasteiger partial charge in [0.2, 0.25) is 0 Å². The molecule has 0 fully saturated rings. The molecule has 3 nitrogen and oxygen atoms in total. The molecule has 0 aromatic carbocycles. The molecule has 90 valence electrons. The second-order valence-corrected chi connectivity index (χ2v) is 5.85. The number of rotatable bonds is 2. The van der Waals surface area contributed by atoms with Crippen LogP contribution in [0.25, 0.3) is 5.69 Å². The van der Waals surface area contributed by atoms with Crippen molar-refractivity contribution in [3.05, 3.63) is 40.8 Å². The zero-order valence-corrected chi connectivity index (χ0v) is 11.0. The van der Waals surface area contributed by atoms with Gasteiger partial charge in [-0.15, -0.1) is 11.3 Å². The van der Waals surface area contributed by atoms with Gasteiger partial charge in [0, 0.05) is 17.9 Å². The normalized spacial score (nSPS) is 11.5. The van der Waals surface area contributed by atoms with Crippen LogP contribution in [0.5, 0.6) is 0 Å². The lowest BCUT2D eigenvalue weighted by Crippen LogP contribution is -2.40. The summed E-state index contributed by atoms with van der Waals surface area (Å²) in [7, 11) is 0. The summed E-state index contributed by atoms with van der Waals surface area (Å²) in [5.41, 5.74) is 0.719. The van der Waals surface area contributed by atoms with Crippen LogP contribution in [0.3, 0.4) is 0 Å². The number of hydrogen-bond donors (Lipinski definition) is 1. The van der Waals surface area contributed by atoms with Gasteiger partial charge in [-0.05, 0) is 44.4 Å². The smallest absolute Gasteiger partial charge is 0.263 e. The van der Waals surface area contributed by atoms with E-state index in [2.05, 4.69) is 5.32 Å². The molecular weight excluding hydrogens is 232 g/mol. The minimum Gasteiger partial charge on any atom is -0.347 e. The summed E-state index contributed by atoms with van der Waals surface area (Å²) in [6.45, 7) is 5.94. The summed E-state index contributed by atoms with van der Waals surface area (Å²) in [5.74, 6) is -0.0174. The van der Waals surface area contributed by atoms with Gasteiger partial charge < -0.3 is 9.88 Å². The predicted octanol–water partition coefficient (Wildman–Crippen LogP) is 3.07. The van der Waals surface area contributed by atoms with Gasteiger partial charge in [-0.2, -0.15) is 0 Å². The molecule has 0 atom stereocenters. The summed E-state index contributed by atoms with van der Waals surface area (Å²) in [5, 5.41) is 4.92. The van der Waals surface area contributed by atoms with E-state index >= 15 is 0 Å². The lowest BCUT2D eigenvalue weighted by Gasteiger charge is -2.20. The highest BCUT2D eigenvalue weighted by Crippen LogP contribution is 2.21. The minimum atomic E-state index is -0.213. The predicted molar refractivity (Wildman–Crippen MR) is 70.9 cm³/mol. The van der Waals surface area contributed by atoms with Gasteiger partial charge >= 0.3 is 0 Å². The highest BCUT2D eigenvalue weighted by molar-refractivity contribution is 7.12. The first-order valence-corrected chi connectivity index (χ1v) is 6.39. The first-order chi connectivity index (χ1) is 7.97. The van der Waals surface area contributed by atoms with Crippen molar-refractivity contribution in [2.24, 2.45) is 0 Å². The lowest BCUT2D eigenvalue weighted by atomic mass is 10.1. The summed E-state index contributed by atoms with van der Waals surface area (Å²) in [6.07, 6.45) is 3.88. The largest absolute Gasteiger partial charge is 0.347 e. The quantitative estimate of drug-likeness (QED) is 0.870. The molecule has 0 spiro atoms. The first kappa shape index (κ1) is 11.9. The third-order valence-corrected chi connectivity index (χ3v) is 3.12. The molecule has 0 saturated carbocycles. The molecule has 0 aliphatic carbocycles. The van der Waals surface area contributed by atoms with Crippen molar-refractivity contribution in [2.75, 3.05) is 0 Å². The van der Waals surface area contributed by atoms with Gasteiger partial charge in [0.15, 0.2) is 0 Å². The summed E-state index contributed by atoms with van der Waals surface area (Å²) >= 11 is 1.46. The molecule has 4 heteroatoms. The second-order valence-electron chi connectivity index (χ2n) is 4.93. The molecule has 1 N–H and O–H groups in total. The van der Waals surface area contributed by atoms with Crippen LogP contribution in [-0.2, 0) is 0 Å². The van der Waals surface area contributed by atoms with Crippen LogP contribution in [0.1, 0.15) is 30.4 Å². The Morgan fingerprint density at radius 1 is 1.29 bits per heavy atom. The van der Waals surface area contributed by atoms with E-state index < -0.39 is 0 Å². The summed E-state index contributed by atoms with van der Waals surface area (Å²) in [4.78, 5) is 12.9. The topological polar surface area (TPSA) is 34.0 Å². The zero-order chi connectivity index (χ0) is 12.5. The lowest BCUT2D eigenvalue weighted by molar-refractivity contribution is 0.0924. The number of amides is 1. The maximum Gasteiger partial charge on any atom is 0.263 e. The molecule has 0 bridgehead atoms. The van der Waals surface area contributed by atoms with Crippen LogP contribution < -0.4 is 5.32 Å². The van der Waals surface area contributed by atoms with Gasteiger partial charge in [-0.3, -0.25) is 4.79 Å². The molecule has 0 aliphatic rings. The minimum absolute atomic E-state index is 0.0174. The van der Waals surface area contributed by atoms with Gasteiger partial charge in [0.25, 0.3) is 5.91 Å². The monoisotopic (exact) mass is 248 g/mol. The Morgan fingerprint density at radius 3 is 2.53 bits per heavy atom. The van der Waals surface area contributed by atoms with Crippen LogP contribution in [0.15, 0.2) is 36.0 Å². The van der Waals surface area contributed by atoms with Crippen LogP contribution in [0.4, 0.5) is 0 Å². The van der Waals surface area contributed by atoms with E-state index in [4.69, 9.17) is 0 Å². The average Bonchev–Trinajstić information content (AvgIpc) is 2.85. The van der Waals surface area contributed by atoms with Gasteiger partial charge in [0.05, 0.1) is 5.69 Å². The van der Waals surface area contributed by atoms with Gasteiger partial charge in [-0.25, -0.2) is 0 Å². The Morgan fingerprint density at radius 2 is 1.94 bits per heavy atom. The van der Waals surface area contributed by atoms with Crippen molar-refractivity contribution in [1.29, 1.82) is 0 Å². The van der Waals surface area contributed by atoms with E-state index in [-0.39, 0.29) is 11.4 Å². The fourth-order valence-electron chi connectivity index (χ4n) is 1.57. The number of nitrogens with one attached hydrogen (secondary N) is 1. The van der Waals surface area contributed by atoms with E-state index in [1.54, 1.807) is 0 Å². The summed E-state index contributed by atoms with van der Waals surface area (Å²) < 4.78 is 1.95. The molecule has 2 aromatic rings. The third-order valence-electron chi connectivity index (χ3n) is 2.22. The highest BCUT2D eigenvalue weighted by Gasteiger charge is 2.19. The Kier molecular flexibility index (Phi) is 3.07. The third kappa shape index (κ3) is 2.77. The highest BCUT2D eigenvalue weighted by atomic mass is 32.1. The van der Waals surface area contributed by atoms with E-state index in [1.165, 1.54) is 11.3 Å². The molecule has 2 rings (SSSR count).